The maximum Gasteiger partial charge on any atom is 0.491 e. The number of ether oxygens (including phenoxy) is 1. The van der Waals surface area contributed by atoms with Gasteiger partial charge in [0.1, 0.15) is 12.4 Å². The third-order valence-electron chi connectivity index (χ3n) is 2.97. The Kier molecular flexibility index (Phi) is 3.11. The van der Waals surface area contributed by atoms with Crippen LogP contribution in [0, 0.1) is 0 Å². The molecule has 0 saturated heterocycles. The fourth-order valence-corrected chi connectivity index (χ4v) is 1.96. The SMILES string of the molecule is O=C(OCc1ccco1)c1ccc2c(c1)B(O)OC2. The molecule has 0 atom stereocenters. The van der Waals surface area contributed by atoms with Gasteiger partial charge < -0.3 is 18.8 Å². The zero-order chi connectivity index (χ0) is 13.2. The summed E-state index contributed by atoms with van der Waals surface area (Å²) in [6, 6.07) is 8.47. The average molecular weight is 258 g/mol. The third-order valence-corrected chi connectivity index (χ3v) is 2.97. The maximum absolute atomic E-state index is 11.9. The van der Waals surface area contributed by atoms with E-state index in [2.05, 4.69) is 0 Å². The minimum Gasteiger partial charge on any atom is -0.466 e. The quantitative estimate of drug-likeness (QED) is 0.653. The molecule has 1 aromatic heterocycles. The van der Waals surface area contributed by atoms with Gasteiger partial charge >= 0.3 is 13.1 Å². The Morgan fingerprint density at radius 2 is 2.32 bits per heavy atom. The van der Waals surface area contributed by atoms with Gasteiger partial charge in [-0.15, -0.1) is 0 Å². The molecule has 19 heavy (non-hydrogen) atoms. The van der Waals surface area contributed by atoms with Crippen molar-refractivity contribution in [3.8, 4) is 0 Å². The van der Waals surface area contributed by atoms with Crippen LogP contribution in [0.2, 0.25) is 0 Å². The van der Waals surface area contributed by atoms with Crippen LogP contribution in [0.25, 0.3) is 0 Å². The van der Waals surface area contributed by atoms with Gasteiger partial charge in [0, 0.05) is 0 Å². The van der Waals surface area contributed by atoms with Crippen LogP contribution in [-0.4, -0.2) is 18.1 Å². The lowest BCUT2D eigenvalue weighted by atomic mass is 9.79. The van der Waals surface area contributed by atoms with Gasteiger partial charge in [-0.3, -0.25) is 0 Å². The first-order valence-electron chi connectivity index (χ1n) is 5.86. The standard InChI is InChI=1S/C13H11BO5/c15-13(18-8-11-2-1-5-17-11)9-3-4-10-7-19-14(16)12(10)6-9/h1-6,16H,7-8H2. The first kappa shape index (κ1) is 12.0. The van der Waals surface area contributed by atoms with Crippen molar-refractivity contribution in [2.45, 2.75) is 13.2 Å². The molecule has 0 unspecified atom stereocenters. The fourth-order valence-electron chi connectivity index (χ4n) is 1.96. The summed E-state index contributed by atoms with van der Waals surface area (Å²) in [5.74, 6) is 0.121. The molecule has 0 fully saturated rings. The number of carbonyl (C=O) groups excluding carboxylic acids is 1. The fraction of sp³-hybridized carbons (Fsp3) is 0.154. The molecule has 1 aliphatic rings. The van der Waals surface area contributed by atoms with Crippen LogP contribution < -0.4 is 5.46 Å². The Morgan fingerprint density at radius 3 is 3.11 bits per heavy atom. The van der Waals surface area contributed by atoms with Gasteiger partial charge in [-0.05, 0) is 35.3 Å². The van der Waals surface area contributed by atoms with E-state index in [0.29, 0.717) is 23.4 Å². The number of rotatable bonds is 3. The van der Waals surface area contributed by atoms with E-state index in [1.54, 1.807) is 30.3 Å². The molecular weight excluding hydrogens is 247 g/mol. The second-order valence-corrected chi connectivity index (χ2v) is 4.23. The molecule has 5 nitrogen and oxygen atoms in total. The van der Waals surface area contributed by atoms with Crippen molar-refractivity contribution in [3.05, 3.63) is 53.5 Å². The Morgan fingerprint density at radius 1 is 1.42 bits per heavy atom. The molecule has 0 amide bonds. The van der Waals surface area contributed by atoms with Crippen molar-refractivity contribution in [2.24, 2.45) is 0 Å². The molecule has 0 spiro atoms. The molecule has 1 aliphatic heterocycles. The number of hydrogen-bond donors (Lipinski definition) is 1. The summed E-state index contributed by atoms with van der Waals surface area (Å²) >= 11 is 0. The molecule has 3 rings (SSSR count). The summed E-state index contributed by atoms with van der Waals surface area (Å²) in [7, 11) is -0.965. The first-order chi connectivity index (χ1) is 9.24. The predicted molar refractivity (Wildman–Crippen MR) is 66.7 cm³/mol. The van der Waals surface area contributed by atoms with E-state index in [9.17, 15) is 9.82 Å². The van der Waals surface area contributed by atoms with E-state index in [-0.39, 0.29) is 6.61 Å². The summed E-state index contributed by atoms with van der Waals surface area (Å²) in [5.41, 5.74) is 1.89. The van der Waals surface area contributed by atoms with E-state index in [1.165, 1.54) is 6.26 Å². The highest BCUT2D eigenvalue weighted by Gasteiger charge is 2.28. The zero-order valence-electron chi connectivity index (χ0n) is 10.0. The number of esters is 1. The van der Waals surface area contributed by atoms with Crippen LogP contribution in [0.15, 0.2) is 41.0 Å². The Labute approximate surface area is 109 Å². The lowest BCUT2D eigenvalue weighted by molar-refractivity contribution is 0.0445. The Balaban J connectivity index is 1.72. The summed E-state index contributed by atoms with van der Waals surface area (Å²) in [6.07, 6.45) is 1.52. The van der Waals surface area contributed by atoms with Gasteiger partial charge in [-0.1, -0.05) is 6.07 Å². The van der Waals surface area contributed by atoms with Crippen LogP contribution in [0.1, 0.15) is 21.7 Å². The third kappa shape index (κ3) is 2.40. The smallest absolute Gasteiger partial charge is 0.466 e. The minimum absolute atomic E-state index is 0.0853. The summed E-state index contributed by atoms with van der Waals surface area (Å²) in [6.45, 7) is 0.445. The highest BCUT2D eigenvalue weighted by atomic mass is 16.5. The van der Waals surface area contributed by atoms with Crippen molar-refractivity contribution >= 4 is 18.6 Å². The highest BCUT2D eigenvalue weighted by Crippen LogP contribution is 2.13. The Bertz CT molecular complexity index is 593. The minimum atomic E-state index is -0.965. The van der Waals surface area contributed by atoms with Crippen LogP contribution in [-0.2, 0) is 22.6 Å². The zero-order valence-corrected chi connectivity index (χ0v) is 10.0. The van der Waals surface area contributed by atoms with E-state index in [4.69, 9.17) is 13.8 Å². The number of carbonyl (C=O) groups is 1. The summed E-state index contributed by atoms with van der Waals surface area (Å²) < 4.78 is 15.3. The molecule has 0 saturated carbocycles. The van der Waals surface area contributed by atoms with Gasteiger partial charge in [0.15, 0.2) is 0 Å². The van der Waals surface area contributed by atoms with Crippen LogP contribution in [0.4, 0.5) is 0 Å². The monoisotopic (exact) mass is 258 g/mol. The van der Waals surface area contributed by atoms with Crippen LogP contribution >= 0.6 is 0 Å². The normalized spacial score (nSPS) is 13.4. The van der Waals surface area contributed by atoms with Crippen molar-refractivity contribution in [2.75, 3.05) is 0 Å². The maximum atomic E-state index is 11.9. The molecule has 1 N–H and O–H groups in total. The predicted octanol–water partition coefficient (Wildman–Crippen LogP) is 0.854. The lowest BCUT2D eigenvalue weighted by Crippen LogP contribution is -2.28. The second kappa shape index (κ2) is 4.91. The number of furan rings is 1. The molecule has 1 aromatic carbocycles. The molecule has 6 heteroatoms. The summed E-state index contributed by atoms with van der Waals surface area (Å²) in [4.78, 5) is 11.9. The molecule has 0 bridgehead atoms. The van der Waals surface area contributed by atoms with Gasteiger partial charge in [0.2, 0.25) is 0 Å². The number of hydrogen-bond acceptors (Lipinski definition) is 5. The molecule has 96 valence electrons. The van der Waals surface area contributed by atoms with Crippen molar-refractivity contribution in [1.82, 2.24) is 0 Å². The van der Waals surface area contributed by atoms with E-state index in [1.807, 2.05) is 0 Å². The highest BCUT2D eigenvalue weighted by molar-refractivity contribution is 6.61. The summed E-state index contributed by atoms with van der Waals surface area (Å²) in [5, 5.41) is 9.58. The molecule has 0 radical (unpaired) electrons. The van der Waals surface area contributed by atoms with Crippen molar-refractivity contribution in [3.63, 3.8) is 0 Å². The van der Waals surface area contributed by atoms with Gasteiger partial charge in [-0.2, -0.15) is 0 Å². The Hall–Kier alpha value is -2.05. The lowest BCUT2D eigenvalue weighted by Gasteiger charge is -2.05. The average Bonchev–Trinajstić information content (AvgIpc) is 3.06. The second-order valence-electron chi connectivity index (χ2n) is 4.23. The van der Waals surface area contributed by atoms with Crippen LogP contribution in [0.3, 0.4) is 0 Å². The largest absolute Gasteiger partial charge is 0.491 e. The van der Waals surface area contributed by atoms with E-state index < -0.39 is 13.1 Å². The van der Waals surface area contributed by atoms with E-state index >= 15 is 0 Å². The molecule has 2 heterocycles. The number of benzene rings is 1. The molecular formula is C13H11BO5. The first-order valence-corrected chi connectivity index (χ1v) is 5.86. The van der Waals surface area contributed by atoms with E-state index in [0.717, 1.165) is 5.56 Å². The molecule has 2 aromatic rings. The van der Waals surface area contributed by atoms with Crippen molar-refractivity contribution < 1.29 is 23.6 Å². The van der Waals surface area contributed by atoms with Gasteiger partial charge in [-0.25, -0.2) is 4.79 Å². The molecule has 0 aliphatic carbocycles. The topological polar surface area (TPSA) is 68.9 Å². The van der Waals surface area contributed by atoms with Crippen molar-refractivity contribution in [1.29, 1.82) is 0 Å². The number of fused-ring (bicyclic) bond motifs is 1. The van der Waals surface area contributed by atoms with Crippen LogP contribution in [0.5, 0.6) is 0 Å². The van der Waals surface area contributed by atoms with Gasteiger partial charge in [0.25, 0.3) is 0 Å². The van der Waals surface area contributed by atoms with Gasteiger partial charge in [0.05, 0.1) is 18.4 Å².